The molecular formula is C19H30O3Si. The van der Waals surface area contributed by atoms with Crippen molar-refractivity contribution in [2.24, 2.45) is 5.41 Å². The summed E-state index contributed by atoms with van der Waals surface area (Å²) in [4.78, 5) is 0. The lowest BCUT2D eigenvalue weighted by atomic mass is 9.56. The minimum absolute atomic E-state index is 0.0319. The van der Waals surface area contributed by atoms with Crippen molar-refractivity contribution in [1.82, 2.24) is 0 Å². The molecule has 2 saturated carbocycles. The van der Waals surface area contributed by atoms with Gasteiger partial charge in [0, 0.05) is 11.8 Å². The van der Waals surface area contributed by atoms with Gasteiger partial charge < -0.3 is 15.3 Å². The van der Waals surface area contributed by atoms with Crippen molar-refractivity contribution >= 4 is 13.3 Å². The summed E-state index contributed by atoms with van der Waals surface area (Å²) < 4.78 is 0. The fourth-order valence-electron chi connectivity index (χ4n) is 5.50. The van der Waals surface area contributed by atoms with Crippen molar-refractivity contribution in [1.29, 1.82) is 0 Å². The van der Waals surface area contributed by atoms with Crippen LogP contribution in [0.2, 0.25) is 18.6 Å². The third kappa shape index (κ3) is 2.60. The van der Waals surface area contributed by atoms with Crippen LogP contribution < -0.4 is 5.19 Å². The molecule has 128 valence electrons. The molecule has 0 aromatic heterocycles. The molecule has 2 aliphatic rings. The molecule has 23 heavy (non-hydrogen) atoms. The molecule has 4 atom stereocenters. The summed E-state index contributed by atoms with van der Waals surface area (Å²) in [6.07, 6.45) is 4.31. The molecule has 3 N–H and O–H groups in total. The second kappa shape index (κ2) is 5.99. The van der Waals surface area contributed by atoms with Gasteiger partial charge in [-0.15, -0.1) is 0 Å². The molecule has 0 saturated heterocycles. The van der Waals surface area contributed by atoms with Crippen LogP contribution in [0.15, 0.2) is 30.3 Å². The highest BCUT2D eigenvalue weighted by molar-refractivity contribution is 6.91. The van der Waals surface area contributed by atoms with Crippen molar-refractivity contribution in [2.45, 2.75) is 68.9 Å². The monoisotopic (exact) mass is 334 g/mol. The van der Waals surface area contributed by atoms with Gasteiger partial charge in [-0.3, -0.25) is 0 Å². The minimum Gasteiger partial charge on any atom is -0.396 e. The van der Waals surface area contributed by atoms with Crippen LogP contribution in [0, 0.1) is 5.41 Å². The standard InChI is InChI=1S/C19H30O3Si/c1-23(2,16-8-4-3-5-9-16)17-12-15(21)13-19(22)11-7-6-10-18(17,19)14-20/h3-5,8-9,15,17,20-22H,6-7,10-14H2,1-2H3/t15-,17+,18+,19-/m1/s1. The van der Waals surface area contributed by atoms with E-state index in [4.69, 9.17) is 0 Å². The van der Waals surface area contributed by atoms with Crippen LogP contribution in [0.3, 0.4) is 0 Å². The Bertz CT molecular complexity index is 547. The van der Waals surface area contributed by atoms with Gasteiger partial charge in [0.2, 0.25) is 0 Å². The SMILES string of the molecule is C[Si](C)(c1ccccc1)[C@H]1C[C@@H](O)C[C@]2(O)CCCC[C@]12CO. The zero-order valence-electron chi connectivity index (χ0n) is 14.3. The van der Waals surface area contributed by atoms with E-state index in [1.54, 1.807) is 0 Å². The molecule has 0 bridgehead atoms. The third-order valence-corrected chi connectivity index (χ3v) is 11.2. The van der Waals surface area contributed by atoms with E-state index in [0.717, 1.165) is 19.3 Å². The number of hydrogen-bond acceptors (Lipinski definition) is 3. The first-order valence-electron chi connectivity index (χ1n) is 8.93. The van der Waals surface area contributed by atoms with Gasteiger partial charge in [0.25, 0.3) is 0 Å². The van der Waals surface area contributed by atoms with E-state index in [1.807, 2.05) is 6.07 Å². The quantitative estimate of drug-likeness (QED) is 0.744. The molecule has 2 fully saturated rings. The van der Waals surface area contributed by atoms with Crippen LogP contribution in [0.5, 0.6) is 0 Å². The molecule has 0 aliphatic heterocycles. The van der Waals surface area contributed by atoms with Crippen LogP contribution in [-0.4, -0.2) is 41.7 Å². The zero-order chi connectivity index (χ0) is 16.7. The van der Waals surface area contributed by atoms with E-state index in [2.05, 4.69) is 37.4 Å². The zero-order valence-corrected chi connectivity index (χ0v) is 15.3. The van der Waals surface area contributed by atoms with Gasteiger partial charge in [-0.1, -0.05) is 61.5 Å². The Morgan fingerprint density at radius 1 is 1.13 bits per heavy atom. The van der Waals surface area contributed by atoms with Gasteiger partial charge in [0.05, 0.1) is 26.4 Å². The average Bonchev–Trinajstić information content (AvgIpc) is 2.54. The normalized spacial score (nSPS) is 38.1. The lowest BCUT2D eigenvalue weighted by Crippen LogP contribution is -2.66. The predicted molar refractivity (Wildman–Crippen MR) is 95.5 cm³/mol. The van der Waals surface area contributed by atoms with Crippen LogP contribution in [0.4, 0.5) is 0 Å². The molecule has 0 heterocycles. The molecule has 3 rings (SSSR count). The van der Waals surface area contributed by atoms with Gasteiger partial charge in [-0.25, -0.2) is 0 Å². The van der Waals surface area contributed by atoms with Crippen molar-refractivity contribution in [3.63, 3.8) is 0 Å². The van der Waals surface area contributed by atoms with E-state index in [0.29, 0.717) is 19.3 Å². The van der Waals surface area contributed by atoms with Crippen molar-refractivity contribution in [3.05, 3.63) is 30.3 Å². The Labute approximate surface area is 140 Å². The Kier molecular flexibility index (Phi) is 4.47. The maximum absolute atomic E-state index is 11.4. The van der Waals surface area contributed by atoms with Crippen molar-refractivity contribution < 1.29 is 15.3 Å². The average molecular weight is 335 g/mol. The molecule has 0 unspecified atom stereocenters. The predicted octanol–water partition coefficient (Wildman–Crippen LogP) is 2.41. The molecule has 1 aromatic carbocycles. The van der Waals surface area contributed by atoms with Crippen LogP contribution in [-0.2, 0) is 0 Å². The first-order chi connectivity index (χ1) is 10.9. The van der Waals surface area contributed by atoms with Gasteiger partial charge in [0.1, 0.15) is 0 Å². The van der Waals surface area contributed by atoms with Crippen molar-refractivity contribution in [2.75, 3.05) is 6.61 Å². The largest absolute Gasteiger partial charge is 0.396 e. The highest BCUT2D eigenvalue weighted by Crippen LogP contribution is 2.61. The summed E-state index contributed by atoms with van der Waals surface area (Å²) in [5, 5.41) is 33.6. The minimum atomic E-state index is -1.95. The fraction of sp³-hybridized carbons (Fsp3) is 0.684. The highest BCUT2D eigenvalue weighted by atomic mass is 28.3. The maximum atomic E-state index is 11.4. The first kappa shape index (κ1) is 17.2. The Balaban J connectivity index is 2.08. The van der Waals surface area contributed by atoms with Crippen LogP contribution >= 0.6 is 0 Å². The van der Waals surface area contributed by atoms with E-state index >= 15 is 0 Å². The summed E-state index contributed by atoms with van der Waals surface area (Å²) >= 11 is 0. The number of benzene rings is 1. The first-order valence-corrected chi connectivity index (χ1v) is 12.0. The number of rotatable bonds is 3. The van der Waals surface area contributed by atoms with Crippen molar-refractivity contribution in [3.8, 4) is 0 Å². The molecule has 1 aromatic rings. The van der Waals surface area contributed by atoms with Gasteiger partial charge >= 0.3 is 0 Å². The summed E-state index contributed by atoms with van der Waals surface area (Å²) in [5.74, 6) is 0. The molecule has 2 aliphatic carbocycles. The summed E-state index contributed by atoms with van der Waals surface area (Å²) in [5.41, 5.74) is -1.17. The fourth-order valence-corrected chi connectivity index (χ4v) is 9.71. The van der Waals surface area contributed by atoms with E-state index < -0.39 is 25.2 Å². The van der Waals surface area contributed by atoms with Gasteiger partial charge in [0.15, 0.2) is 0 Å². The number of aliphatic hydroxyl groups is 3. The second-order valence-corrected chi connectivity index (χ2v) is 13.0. The lowest BCUT2D eigenvalue weighted by molar-refractivity contribution is -0.183. The Morgan fingerprint density at radius 3 is 2.43 bits per heavy atom. The summed E-state index contributed by atoms with van der Waals surface area (Å²) in [7, 11) is -1.95. The molecule has 4 heteroatoms. The van der Waals surface area contributed by atoms with Gasteiger partial charge in [-0.05, 0) is 24.8 Å². The number of fused-ring (bicyclic) bond motifs is 1. The van der Waals surface area contributed by atoms with Gasteiger partial charge in [-0.2, -0.15) is 0 Å². The van der Waals surface area contributed by atoms with E-state index in [9.17, 15) is 15.3 Å². The van der Waals surface area contributed by atoms with E-state index in [-0.39, 0.29) is 12.1 Å². The lowest BCUT2D eigenvalue weighted by Gasteiger charge is -2.61. The number of hydrogen-bond donors (Lipinski definition) is 3. The number of aliphatic hydroxyl groups excluding tert-OH is 2. The maximum Gasteiger partial charge on any atom is 0.0845 e. The Hall–Kier alpha value is -0.683. The molecule has 3 nitrogen and oxygen atoms in total. The molecule has 0 radical (unpaired) electrons. The second-order valence-electron chi connectivity index (χ2n) is 8.29. The summed E-state index contributed by atoms with van der Waals surface area (Å²) in [6.45, 7) is 4.69. The topological polar surface area (TPSA) is 60.7 Å². The highest BCUT2D eigenvalue weighted by Gasteiger charge is 2.62. The van der Waals surface area contributed by atoms with Crippen LogP contribution in [0.25, 0.3) is 0 Å². The molecule has 0 spiro atoms. The third-order valence-electron chi connectivity index (χ3n) is 6.81. The molecule has 0 amide bonds. The smallest absolute Gasteiger partial charge is 0.0845 e. The Morgan fingerprint density at radius 2 is 1.78 bits per heavy atom. The summed E-state index contributed by atoms with van der Waals surface area (Å²) in [6, 6.07) is 10.5. The molecular weight excluding hydrogens is 304 g/mol. The van der Waals surface area contributed by atoms with E-state index in [1.165, 1.54) is 5.19 Å². The van der Waals surface area contributed by atoms with Crippen LogP contribution in [0.1, 0.15) is 38.5 Å².